The Balaban J connectivity index is 1.61. The summed E-state index contributed by atoms with van der Waals surface area (Å²) in [6.45, 7) is 3.78. The summed E-state index contributed by atoms with van der Waals surface area (Å²) in [6.07, 6.45) is 4.20. The Hall–Kier alpha value is -4.23. The van der Waals surface area contributed by atoms with Crippen LogP contribution in [0.25, 0.3) is 0 Å². The van der Waals surface area contributed by atoms with Gasteiger partial charge in [0.2, 0.25) is 0 Å². The van der Waals surface area contributed by atoms with E-state index in [4.69, 9.17) is 5.26 Å². The molecule has 2 heterocycles. The summed E-state index contributed by atoms with van der Waals surface area (Å²) < 4.78 is 14.3. The largest absolute Gasteiger partial charge is 0.508 e. The number of hydrogen-bond acceptors (Lipinski definition) is 8. The molecule has 0 unspecified atom stereocenters. The van der Waals surface area contributed by atoms with E-state index >= 15 is 0 Å². The van der Waals surface area contributed by atoms with Gasteiger partial charge in [-0.05, 0) is 44.9 Å². The molecule has 10 heteroatoms. The first kappa shape index (κ1) is 23.9. The molecular weight excluding hydrogens is 451 g/mol. The lowest BCUT2D eigenvalue weighted by Gasteiger charge is -2.29. The number of aliphatic hydroxyl groups is 1. The number of aromatic hydroxyl groups is 1. The number of anilines is 4. The van der Waals surface area contributed by atoms with Crippen molar-refractivity contribution in [1.82, 2.24) is 15.3 Å². The number of rotatable bonds is 8. The van der Waals surface area contributed by atoms with E-state index in [-0.39, 0.29) is 33.9 Å². The lowest BCUT2D eigenvalue weighted by molar-refractivity contribution is 0.00303. The highest BCUT2D eigenvalue weighted by Gasteiger charge is 2.53. The van der Waals surface area contributed by atoms with Crippen LogP contribution in [0.1, 0.15) is 42.6 Å². The van der Waals surface area contributed by atoms with E-state index in [0.717, 1.165) is 18.9 Å². The minimum absolute atomic E-state index is 0.0399. The average molecular weight is 477 g/mol. The molecule has 0 bridgehead atoms. The molecule has 1 saturated carbocycles. The molecule has 1 amide bonds. The number of halogens is 1. The standard InChI is InChI=1S/C25H25FN6O3/c1-24(2,35)25(6-7-25)14-30-23(34)18-13-28-21(32-22-19(26)8-15(11-27)12-29-22)10-20(18)31-16-4-3-5-17(33)9-16/h3-5,8-10,12-13,33,35H,6-7,14H2,1-2H3,(H,30,34)(H2,28,29,31,32). The summed E-state index contributed by atoms with van der Waals surface area (Å²) in [7, 11) is 0. The van der Waals surface area contributed by atoms with E-state index in [1.807, 2.05) is 6.07 Å². The van der Waals surface area contributed by atoms with Crippen molar-refractivity contribution in [3.8, 4) is 11.8 Å². The van der Waals surface area contributed by atoms with E-state index in [1.54, 1.807) is 26.0 Å². The van der Waals surface area contributed by atoms with Crippen LogP contribution in [0, 0.1) is 22.6 Å². The second kappa shape index (κ2) is 9.19. The molecule has 1 aliphatic carbocycles. The summed E-state index contributed by atoms with van der Waals surface area (Å²) in [4.78, 5) is 21.2. The van der Waals surface area contributed by atoms with Crippen LogP contribution in [0.4, 0.5) is 27.4 Å². The number of pyridine rings is 2. The number of benzene rings is 1. The van der Waals surface area contributed by atoms with Gasteiger partial charge in [0.05, 0.1) is 22.4 Å². The highest BCUT2D eigenvalue weighted by molar-refractivity contribution is 6.00. The SMILES string of the molecule is CC(C)(O)C1(CNC(=O)c2cnc(Nc3ncc(C#N)cc3F)cc2Nc2cccc(O)c2)CC1. The molecule has 1 aromatic carbocycles. The summed E-state index contributed by atoms with van der Waals surface area (Å²) in [5.74, 6) is -1.01. The number of amides is 1. The zero-order chi connectivity index (χ0) is 25.2. The Kier molecular flexibility index (Phi) is 6.28. The number of carbonyl (C=O) groups excluding carboxylic acids is 1. The Morgan fingerprint density at radius 3 is 2.60 bits per heavy atom. The molecule has 3 aromatic rings. The molecule has 1 fully saturated rings. The van der Waals surface area contributed by atoms with Crippen LogP contribution in [-0.4, -0.2) is 38.2 Å². The van der Waals surface area contributed by atoms with Crippen LogP contribution >= 0.6 is 0 Å². The Morgan fingerprint density at radius 1 is 1.20 bits per heavy atom. The van der Waals surface area contributed by atoms with Gasteiger partial charge in [0.1, 0.15) is 17.6 Å². The van der Waals surface area contributed by atoms with E-state index < -0.39 is 17.3 Å². The normalized spacial score (nSPS) is 14.0. The first-order chi connectivity index (χ1) is 16.6. The molecule has 35 heavy (non-hydrogen) atoms. The maximum Gasteiger partial charge on any atom is 0.254 e. The average Bonchev–Trinajstić information content (AvgIpc) is 3.60. The molecule has 4 rings (SSSR count). The monoisotopic (exact) mass is 476 g/mol. The second-order valence-electron chi connectivity index (χ2n) is 9.10. The third-order valence-electron chi connectivity index (χ3n) is 6.23. The highest BCUT2D eigenvalue weighted by Crippen LogP contribution is 2.53. The molecule has 0 atom stereocenters. The molecule has 5 N–H and O–H groups in total. The van der Waals surface area contributed by atoms with Crippen LogP contribution in [0.3, 0.4) is 0 Å². The molecule has 2 aromatic heterocycles. The van der Waals surface area contributed by atoms with Crippen molar-refractivity contribution in [3.63, 3.8) is 0 Å². The second-order valence-corrected chi connectivity index (χ2v) is 9.10. The van der Waals surface area contributed by atoms with Crippen LogP contribution < -0.4 is 16.0 Å². The van der Waals surface area contributed by atoms with Crippen LogP contribution in [0.5, 0.6) is 5.75 Å². The molecular formula is C25H25FN6O3. The minimum Gasteiger partial charge on any atom is -0.508 e. The van der Waals surface area contributed by atoms with Crippen molar-refractivity contribution < 1.29 is 19.4 Å². The molecule has 1 aliphatic rings. The van der Waals surface area contributed by atoms with E-state index in [0.29, 0.717) is 17.9 Å². The van der Waals surface area contributed by atoms with Gasteiger partial charge in [0, 0.05) is 42.2 Å². The molecule has 180 valence electrons. The van der Waals surface area contributed by atoms with Crippen molar-refractivity contribution in [2.24, 2.45) is 5.41 Å². The number of carbonyl (C=O) groups is 1. The summed E-state index contributed by atoms with van der Waals surface area (Å²) in [5.41, 5.74) is -0.110. The first-order valence-electron chi connectivity index (χ1n) is 11.0. The van der Waals surface area contributed by atoms with Gasteiger partial charge in [0.25, 0.3) is 5.91 Å². The number of phenolic OH excluding ortho intramolecular Hbond substituents is 1. The predicted octanol–water partition coefficient (Wildman–Crippen LogP) is 3.96. The number of nitriles is 1. The third-order valence-corrected chi connectivity index (χ3v) is 6.23. The van der Waals surface area contributed by atoms with Crippen LogP contribution in [-0.2, 0) is 0 Å². The lowest BCUT2D eigenvalue weighted by Crippen LogP contribution is -2.42. The molecule has 0 aliphatic heterocycles. The predicted molar refractivity (Wildman–Crippen MR) is 128 cm³/mol. The number of aromatic nitrogens is 2. The van der Waals surface area contributed by atoms with Crippen molar-refractivity contribution >= 4 is 28.9 Å². The summed E-state index contributed by atoms with van der Waals surface area (Å²) >= 11 is 0. The lowest BCUT2D eigenvalue weighted by atomic mass is 9.87. The van der Waals surface area contributed by atoms with Gasteiger partial charge < -0.3 is 26.2 Å². The van der Waals surface area contributed by atoms with Gasteiger partial charge in [-0.2, -0.15) is 5.26 Å². The minimum atomic E-state index is -0.923. The van der Waals surface area contributed by atoms with Crippen LogP contribution in [0.2, 0.25) is 0 Å². The topological polar surface area (TPSA) is 143 Å². The maximum atomic E-state index is 14.3. The summed E-state index contributed by atoms with van der Waals surface area (Å²) in [6, 6.07) is 10.8. The smallest absolute Gasteiger partial charge is 0.254 e. The summed E-state index contributed by atoms with van der Waals surface area (Å²) in [5, 5.41) is 37.9. The fourth-order valence-corrected chi connectivity index (χ4v) is 3.76. The van der Waals surface area contributed by atoms with Gasteiger partial charge in [0.15, 0.2) is 11.6 Å². The van der Waals surface area contributed by atoms with Crippen molar-refractivity contribution in [2.75, 3.05) is 17.2 Å². The Morgan fingerprint density at radius 2 is 1.97 bits per heavy atom. The quantitative estimate of drug-likeness (QED) is 0.329. The van der Waals surface area contributed by atoms with E-state index in [1.165, 1.54) is 30.6 Å². The van der Waals surface area contributed by atoms with E-state index in [2.05, 4.69) is 25.9 Å². The third kappa shape index (κ3) is 5.31. The van der Waals surface area contributed by atoms with Gasteiger partial charge >= 0.3 is 0 Å². The van der Waals surface area contributed by atoms with Gasteiger partial charge in [-0.15, -0.1) is 0 Å². The molecule has 9 nitrogen and oxygen atoms in total. The molecule has 0 saturated heterocycles. The van der Waals surface area contributed by atoms with Crippen molar-refractivity contribution in [2.45, 2.75) is 32.3 Å². The van der Waals surface area contributed by atoms with E-state index in [9.17, 15) is 19.4 Å². The highest BCUT2D eigenvalue weighted by atomic mass is 19.1. The maximum absolute atomic E-state index is 14.3. The number of hydrogen-bond donors (Lipinski definition) is 5. The Labute approximate surface area is 201 Å². The van der Waals surface area contributed by atoms with Gasteiger partial charge in [-0.1, -0.05) is 6.07 Å². The molecule has 0 radical (unpaired) electrons. The number of nitrogens with zero attached hydrogens (tertiary/aromatic N) is 3. The van der Waals surface area contributed by atoms with Crippen LogP contribution in [0.15, 0.2) is 48.8 Å². The fourth-order valence-electron chi connectivity index (χ4n) is 3.76. The first-order valence-corrected chi connectivity index (χ1v) is 11.0. The van der Waals surface area contributed by atoms with Gasteiger partial charge in [-0.25, -0.2) is 14.4 Å². The fraction of sp³-hybridized carbons (Fsp3) is 0.280. The zero-order valence-corrected chi connectivity index (χ0v) is 19.3. The Bertz CT molecular complexity index is 1310. The van der Waals surface area contributed by atoms with Gasteiger partial charge in [-0.3, -0.25) is 4.79 Å². The zero-order valence-electron chi connectivity index (χ0n) is 19.3. The number of nitrogens with one attached hydrogen (secondary N) is 3. The van der Waals surface area contributed by atoms with Crippen molar-refractivity contribution in [1.29, 1.82) is 5.26 Å². The molecule has 0 spiro atoms. The number of phenols is 1. The van der Waals surface area contributed by atoms with Crippen molar-refractivity contribution in [3.05, 3.63) is 65.7 Å².